The second-order valence-corrected chi connectivity index (χ2v) is 11.3. The number of hydrogen-bond donors (Lipinski definition) is 2. The topological polar surface area (TPSA) is 112 Å². The van der Waals surface area contributed by atoms with Crippen molar-refractivity contribution in [3.63, 3.8) is 0 Å². The molecule has 214 valence electrons. The second-order valence-electron chi connectivity index (χ2n) is 11.3. The highest BCUT2D eigenvalue weighted by molar-refractivity contribution is 5.68. The van der Waals surface area contributed by atoms with Gasteiger partial charge < -0.3 is 20.1 Å². The van der Waals surface area contributed by atoms with Crippen molar-refractivity contribution in [1.82, 2.24) is 20.2 Å². The Morgan fingerprint density at radius 2 is 1.80 bits per heavy atom. The standard InChI is InChI=1S/C32H38N6O3/c1-22-19-25(7-6-15-33)20-23(2)29(22)40-28-12-16-34-30(37-28)35-26-10-8-24(9-11-26)21-38-17-13-27(14-18-38)36-31(39)41-32(3,4)5/h6-12,16,19-20,27H,13-14,17-18,21H2,1-5H3,(H,36,39)(H,34,35,37)/b7-6+. The highest BCUT2D eigenvalue weighted by atomic mass is 16.6. The van der Waals surface area contributed by atoms with Crippen molar-refractivity contribution in [2.75, 3.05) is 18.4 Å². The summed E-state index contributed by atoms with van der Waals surface area (Å²) in [5, 5.41) is 15.0. The minimum absolute atomic E-state index is 0.145. The number of likely N-dealkylation sites (tertiary alicyclic amines) is 1. The van der Waals surface area contributed by atoms with Crippen LogP contribution in [0, 0.1) is 25.2 Å². The normalized spacial score (nSPS) is 14.4. The van der Waals surface area contributed by atoms with Gasteiger partial charge in [0.25, 0.3) is 0 Å². The van der Waals surface area contributed by atoms with Crippen LogP contribution >= 0.6 is 0 Å². The quantitative estimate of drug-likeness (QED) is 0.298. The summed E-state index contributed by atoms with van der Waals surface area (Å²) in [4.78, 5) is 23.3. The highest BCUT2D eigenvalue weighted by Crippen LogP contribution is 2.30. The number of nitrogens with zero attached hydrogens (tertiary/aromatic N) is 4. The van der Waals surface area contributed by atoms with Gasteiger partial charge in [-0.05, 0) is 100 Å². The van der Waals surface area contributed by atoms with Crippen LogP contribution in [-0.2, 0) is 11.3 Å². The molecule has 1 amide bonds. The lowest BCUT2D eigenvalue weighted by molar-refractivity contribution is 0.0477. The van der Waals surface area contributed by atoms with Crippen molar-refractivity contribution in [1.29, 1.82) is 5.26 Å². The molecule has 1 saturated heterocycles. The number of aromatic nitrogens is 2. The van der Waals surface area contributed by atoms with E-state index in [2.05, 4.69) is 37.6 Å². The van der Waals surface area contributed by atoms with E-state index < -0.39 is 5.60 Å². The zero-order chi connectivity index (χ0) is 29.4. The van der Waals surface area contributed by atoms with Gasteiger partial charge >= 0.3 is 6.09 Å². The van der Waals surface area contributed by atoms with E-state index in [0.717, 1.165) is 60.6 Å². The number of benzene rings is 2. The van der Waals surface area contributed by atoms with E-state index in [4.69, 9.17) is 14.7 Å². The first-order chi connectivity index (χ1) is 19.6. The number of carbonyl (C=O) groups excluding carboxylic acids is 1. The van der Waals surface area contributed by atoms with Crippen LogP contribution in [0.25, 0.3) is 6.08 Å². The minimum atomic E-state index is -0.488. The smallest absolute Gasteiger partial charge is 0.407 e. The molecule has 2 aromatic carbocycles. The fourth-order valence-corrected chi connectivity index (χ4v) is 4.73. The summed E-state index contributed by atoms with van der Waals surface area (Å²) in [6.07, 6.45) is 6.35. The Labute approximate surface area is 242 Å². The van der Waals surface area contributed by atoms with Crippen molar-refractivity contribution in [3.8, 4) is 17.7 Å². The van der Waals surface area contributed by atoms with Gasteiger partial charge in [-0.15, -0.1) is 0 Å². The van der Waals surface area contributed by atoms with Crippen molar-refractivity contribution in [3.05, 3.63) is 77.0 Å². The predicted molar refractivity (Wildman–Crippen MR) is 160 cm³/mol. The highest BCUT2D eigenvalue weighted by Gasteiger charge is 2.23. The van der Waals surface area contributed by atoms with Gasteiger partial charge in [-0.3, -0.25) is 4.90 Å². The van der Waals surface area contributed by atoms with Crippen LogP contribution < -0.4 is 15.4 Å². The molecular weight excluding hydrogens is 516 g/mol. The van der Waals surface area contributed by atoms with Crippen LogP contribution in [0.15, 0.2) is 54.7 Å². The molecule has 1 aliphatic rings. The lowest BCUT2D eigenvalue weighted by Gasteiger charge is -2.32. The minimum Gasteiger partial charge on any atom is -0.444 e. The average Bonchev–Trinajstić information content (AvgIpc) is 2.91. The Balaban J connectivity index is 1.29. The molecule has 0 radical (unpaired) electrons. The van der Waals surface area contributed by atoms with Crippen LogP contribution in [0.2, 0.25) is 0 Å². The Morgan fingerprint density at radius 1 is 1.12 bits per heavy atom. The molecule has 9 heteroatoms. The van der Waals surface area contributed by atoms with Gasteiger partial charge in [0.1, 0.15) is 11.4 Å². The Kier molecular flexibility index (Phi) is 9.58. The van der Waals surface area contributed by atoms with E-state index >= 15 is 0 Å². The zero-order valence-electron chi connectivity index (χ0n) is 24.4. The molecule has 1 aromatic heterocycles. The number of aryl methyl sites for hydroxylation is 2. The largest absolute Gasteiger partial charge is 0.444 e. The van der Waals surface area contributed by atoms with Crippen molar-refractivity contribution in [2.45, 2.75) is 65.6 Å². The van der Waals surface area contributed by atoms with Gasteiger partial charge in [-0.1, -0.05) is 12.1 Å². The first-order valence-electron chi connectivity index (χ1n) is 13.8. The van der Waals surface area contributed by atoms with Crippen LogP contribution in [0.3, 0.4) is 0 Å². The predicted octanol–water partition coefficient (Wildman–Crippen LogP) is 6.66. The first-order valence-corrected chi connectivity index (χ1v) is 13.8. The van der Waals surface area contributed by atoms with Crippen LogP contribution in [0.1, 0.15) is 55.9 Å². The molecule has 2 heterocycles. The fourth-order valence-electron chi connectivity index (χ4n) is 4.73. The lowest BCUT2D eigenvalue weighted by atomic mass is 10.0. The number of rotatable bonds is 8. The number of hydrogen-bond acceptors (Lipinski definition) is 8. The number of alkyl carbamates (subject to hydrolysis) is 1. The third-order valence-corrected chi connectivity index (χ3v) is 6.59. The van der Waals surface area contributed by atoms with Gasteiger partial charge in [0, 0.05) is 49.7 Å². The molecule has 0 unspecified atom stereocenters. The molecule has 0 spiro atoms. The molecule has 4 rings (SSSR count). The van der Waals surface area contributed by atoms with E-state index in [1.807, 2.05) is 65.0 Å². The monoisotopic (exact) mass is 554 g/mol. The van der Waals surface area contributed by atoms with E-state index in [-0.39, 0.29) is 12.1 Å². The number of nitriles is 1. The van der Waals surface area contributed by atoms with Crippen molar-refractivity contribution >= 4 is 23.8 Å². The summed E-state index contributed by atoms with van der Waals surface area (Å²) in [5.74, 6) is 1.62. The molecule has 41 heavy (non-hydrogen) atoms. The second kappa shape index (κ2) is 13.3. The summed E-state index contributed by atoms with van der Waals surface area (Å²) in [6.45, 7) is 12.2. The number of nitrogens with one attached hydrogen (secondary N) is 2. The molecule has 1 aliphatic heterocycles. The van der Waals surface area contributed by atoms with Gasteiger partial charge in [-0.2, -0.15) is 10.2 Å². The number of allylic oxidation sites excluding steroid dienone is 1. The molecule has 0 saturated carbocycles. The number of anilines is 2. The average molecular weight is 555 g/mol. The first kappa shape index (κ1) is 29.6. The van der Waals surface area contributed by atoms with Crippen LogP contribution in [0.5, 0.6) is 11.6 Å². The summed E-state index contributed by atoms with van der Waals surface area (Å²) in [5.41, 5.74) is 4.46. The molecule has 0 aliphatic carbocycles. The molecule has 0 bridgehead atoms. The van der Waals surface area contributed by atoms with Gasteiger partial charge in [0.2, 0.25) is 11.8 Å². The number of amides is 1. The summed E-state index contributed by atoms with van der Waals surface area (Å²) < 4.78 is 11.5. The molecular formula is C32H38N6O3. The Morgan fingerprint density at radius 3 is 2.44 bits per heavy atom. The summed E-state index contributed by atoms with van der Waals surface area (Å²) in [7, 11) is 0. The van der Waals surface area contributed by atoms with Crippen LogP contribution in [0.4, 0.5) is 16.4 Å². The number of ether oxygens (including phenoxy) is 2. The van der Waals surface area contributed by atoms with Gasteiger partial charge in [0.05, 0.1) is 6.07 Å². The maximum Gasteiger partial charge on any atom is 0.407 e. The maximum absolute atomic E-state index is 12.1. The SMILES string of the molecule is Cc1cc(/C=C/C#N)cc(C)c1Oc1ccnc(Nc2ccc(CN3CCC(NC(=O)OC(C)(C)C)CC3)cc2)n1. The van der Waals surface area contributed by atoms with E-state index in [1.54, 1.807) is 18.3 Å². The maximum atomic E-state index is 12.1. The molecule has 0 atom stereocenters. The third kappa shape index (κ3) is 9.05. The molecule has 9 nitrogen and oxygen atoms in total. The number of carbonyl (C=O) groups is 1. The molecule has 1 fully saturated rings. The van der Waals surface area contributed by atoms with Gasteiger partial charge in [-0.25, -0.2) is 9.78 Å². The number of piperidine rings is 1. The summed E-state index contributed by atoms with van der Waals surface area (Å²) in [6, 6.07) is 16.1. The van der Waals surface area contributed by atoms with Crippen LogP contribution in [-0.4, -0.2) is 45.7 Å². The zero-order valence-corrected chi connectivity index (χ0v) is 24.4. The fraction of sp³-hybridized carbons (Fsp3) is 0.375. The Hall–Kier alpha value is -4.42. The Bertz CT molecular complexity index is 1390. The summed E-state index contributed by atoms with van der Waals surface area (Å²) >= 11 is 0. The van der Waals surface area contributed by atoms with E-state index in [1.165, 1.54) is 11.6 Å². The molecule has 2 N–H and O–H groups in total. The van der Waals surface area contributed by atoms with Gasteiger partial charge in [0.15, 0.2) is 0 Å². The van der Waals surface area contributed by atoms with Crippen molar-refractivity contribution < 1.29 is 14.3 Å². The van der Waals surface area contributed by atoms with E-state index in [0.29, 0.717) is 11.8 Å². The molecule has 3 aromatic rings. The third-order valence-electron chi connectivity index (χ3n) is 6.59. The van der Waals surface area contributed by atoms with E-state index in [9.17, 15) is 4.79 Å². The lowest BCUT2D eigenvalue weighted by Crippen LogP contribution is -2.45. The van der Waals surface area contributed by atoms with Crippen molar-refractivity contribution in [2.24, 2.45) is 0 Å².